The van der Waals surface area contributed by atoms with Crippen LogP contribution in [0.15, 0.2) is 34.9 Å². The summed E-state index contributed by atoms with van der Waals surface area (Å²) in [6.45, 7) is 1.58. The van der Waals surface area contributed by atoms with Gasteiger partial charge in [0.15, 0.2) is 5.82 Å². The second kappa shape index (κ2) is 5.96. The molecule has 0 fully saturated rings. The van der Waals surface area contributed by atoms with Gasteiger partial charge in [0.1, 0.15) is 11.6 Å². The monoisotopic (exact) mass is 277 g/mol. The number of nitrogens with one attached hydrogen (secondary N) is 2. The molecule has 0 saturated heterocycles. The van der Waals surface area contributed by atoms with E-state index in [1.54, 1.807) is 19.1 Å². The number of nitrogens with zero attached hydrogens (tertiary/aromatic N) is 1. The van der Waals surface area contributed by atoms with Crippen LogP contribution in [-0.2, 0) is 16.1 Å². The van der Waals surface area contributed by atoms with Gasteiger partial charge in [-0.1, -0.05) is 23.4 Å². The standard InChI is InChI=1S/C13H12FN3O3/c1-8-6-11(17-20-8)16-13(19)12(18)15-7-9-4-2-3-5-10(9)14/h2-6H,7H2,1H3,(H,15,18)(H,16,17,19). The van der Waals surface area contributed by atoms with Gasteiger partial charge < -0.3 is 9.84 Å². The molecule has 2 N–H and O–H groups in total. The number of aromatic nitrogens is 1. The van der Waals surface area contributed by atoms with E-state index in [1.165, 1.54) is 18.2 Å². The topological polar surface area (TPSA) is 84.2 Å². The molecule has 0 aliphatic rings. The van der Waals surface area contributed by atoms with Crippen LogP contribution in [0, 0.1) is 12.7 Å². The zero-order valence-electron chi connectivity index (χ0n) is 10.6. The van der Waals surface area contributed by atoms with Crippen molar-refractivity contribution in [1.82, 2.24) is 10.5 Å². The first-order valence-corrected chi connectivity index (χ1v) is 5.82. The Morgan fingerprint density at radius 2 is 2.05 bits per heavy atom. The maximum absolute atomic E-state index is 13.3. The van der Waals surface area contributed by atoms with Crippen LogP contribution in [0.4, 0.5) is 10.2 Å². The Balaban J connectivity index is 1.88. The van der Waals surface area contributed by atoms with Crippen LogP contribution in [0.25, 0.3) is 0 Å². The quantitative estimate of drug-likeness (QED) is 0.830. The summed E-state index contributed by atoms with van der Waals surface area (Å²) in [6.07, 6.45) is 0. The lowest BCUT2D eigenvalue weighted by Gasteiger charge is -2.05. The van der Waals surface area contributed by atoms with Gasteiger partial charge >= 0.3 is 11.8 Å². The van der Waals surface area contributed by atoms with Crippen LogP contribution in [0.2, 0.25) is 0 Å². The van der Waals surface area contributed by atoms with Crippen LogP contribution in [-0.4, -0.2) is 17.0 Å². The summed E-state index contributed by atoms with van der Waals surface area (Å²) in [5, 5.41) is 8.10. The van der Waals surface area contributed by atoms with E-state index in [9.17, 15) is 14.0 Å². The van der Waals surface area contributed by atoms with Crippen molar-refractivity contribution in [2.45, 2.75) is 13.5 Å². The summed E-state index contributed by atoms with van der Waals surface area (Å²) in [5.41, 5.74) is 0.297. The number of hydrogen-bond donors (Lipinski definition) is 2. The number of anilines is 1. The molecule has 0 atom stereocenters. The van der Waals surface area contributed by atoms with E-state index in [4.69, 9.17) is 4.52 Å². The van der Waals surface area contributed by atoms with E-state index < -0.39 is 17.6 Å². The van der Waals surface area contributed by atoms with E-state index in [0.29, 0.717) is 11.3 Å². The highest BCUT2D eigenvalue weighted by molar-refractivity contribution is 6.39. The lowest BCUT2D eigenvalue weighted by atomic mass is 10.2. The molecule has 0 bridgehead atoms. The van der Waals surface area contributed by atoms with Crippen LogP contribution in [0.1, 0.15) is 11.3 Å². The SMILES string of the molecule is Cc1cc(NC(=O)C(=O)NCc2ccccc2F)no1. The Morgan fingerprint density at radius 1 is 1.30 bits per heavy atom. The molecule has 2 rings (SSSR count). The maximum Gasteiger partial charge on any atom is 0.314 e. The van der Waals surface area contributed by atoms with Crippen LogP contribution < -0.4 is 10.6 Å². The van der Waals surface area contributed by atoms with Crippen molar-refractivity contribution in [2.24, 2.45) is 0 Å². The number of amides is 2. The van der Waals surface area contributed by atoms with Crippen molar-refractivity contribution in [3.8, 4) is 0 Å². The van der Waals surface area contributed by atoms with Gasteiger partial charge in [-0.05, 0) is 13.0 Å². The lowest BCUT2D eigenvalue weighted by Crippen LogP contribution is -2.35. The molecule has 0 unspecified atom stereocenters. The summed E-state index contributed by atoms with van der Waals surface area (Å²) in [5.74, 6) is -1.57. The van der Waals surface area contributed by atoms with Crippen LogP contribution in [0.3, 0.4) is 0 Å². The highest BCUT2D eigenvalue weighted by Crippen LogP contribution is 2.07. The minimum atomic E-state index is -0.894. The number of rotatable bonds is 3. The Kier molecular flexibility index (Phi) is 4.09. The van der Waals surface area contributed by atoms with E-state index in [0.717, 1.165) is 0 Å². The fourth-order valence-corrected chi connectivity index (χ4v) is 1.50. The third-order valence-electron chi connectivity index (χ3n) is 2.47. The number of hydrogen-bond acceptors (Lipinski definition) is 4. The number of carbonyl (C=O) groups excluding carboxylic acids is 2. The van der Waals surface area contributed by atoms with E-state index >= 15 is 0 Å². The first kappa shape index (κ1) is 13.7. The van der Waals surface area contributed by atoms with Crippen molar-refractivity contribution in [1.29, 1.82) is 0 Å². The molecule has 0 aliphatic heterocycles. The molecular weight excluding hydrogens is 265 g/mol. The summed E-state index contributed by atoms with van der Waals surface area (Å²) in [4.78, 5) is 23.1. The molecule has 1 aromatic heterocycles. The number of aryl methyl sites for hydroxylation is 1. The maximum atomic E-state index is 13.3. The van der Waals surface area contributed by atoms with Gasteiger partial charge in [-0.2, -0.15) is 0 Å². The Hall–Kier alpha value is -2.70. The Labute approximate surface area is 114 Å². The van der Waals surface area contributed by atoms with Crippen LogP contribution >= 0.6 is 0 Å². The zero-order valence-corrected chi connectivity index (χ0v) is 10.6. The zero-order chi connectivity index (χ0) is 14.5. The van der Waals surface area contributed by atoms with E-state index in [2.05, 4.69) is 15.8 Å². The second-order valence-corrected chi connectivity index (χ2v) is 4.05. The van der Waals surface area contributed by atoms with Crippen molar-refractivity contribution < 1.29 is 18.5 Å². The number of halogens is 1. The molecule has 0 spiro atoms. The van der Waals surface area contributed by atoms with Gasteiger partial charge in [-0.15, -0.1) is 0 Å². The lowest BCUT2D eigenvalue weighted by molar-refractivity contribution is -0.136. The summed E-state index contributed by atoms with van der Waals surface area (Å²) in [7, 11) is 0. The van der Waals surface area contributed by atoms with E-state index in [1.807, 2.05) is 0 Å². The predicted molar refractivity (Wildman–Crippen MR) is 68.1 cm³/mol. The Bertz CT molecular complexity index is 639. The largest absolute Gasteiger partial charge is 0.360 e. The van der Waals surface area contributed by atoms with Crippen molar-refractivity contribution in [2.75, 3.05) is 5.32 Å². The number of benzene rings is 1. The molecular formula is C13H12FN3O3. The predicted octanol–water partition coefficient (Wildman–Crippen LogP) is 1.38. The fourth-order valence-electron chi connectivity index (χ4n) is 1.50. The van der Waals surface area contributed by atoms with Crippen molar-refractivity contribution in [3.63, 3.8) is 0 Å². The number of carbonyl (C=O) groups is 2. The molecule has 6 nitrogen and oxygen atoms in total. The highest BCUT2D eigenvalue weighted by Gasteiger charge is 2.15. The molecule has 1 aromatic carbocycles. The van der Waals surface area contributed by atoms with Gasteiger partial charge in [0.05, 0.1) is 0 Å². The molecule has 0 radical (unpaired) electrons. The molecule has 2 amide bonds. The molecule has 104 valence electrons. The summed E-state index contributed by atoms with van der Waals surface area (Å²) < 4.78 is 18.1. The normalized spacial score (nSPS) is 10.1. The third-order valence-corrected chi connectivity index (χ3v) is 2.47. The van der Waals surface area contributed by atoms with Gasteiger partial charge in [0.25, 0.3) is 0 Å². The molecule has 0 aliphatic carbocycles. The Morgan fingerprint density at radius 3 is 2.70 bits per heavy atom. The highest BCUT2D eigenvalue weighted by atomic mass is 19.1. The van der Waals surface area contributed by atoms with E-state index in [-0.39, 0.29) is 12.4 Å². The first-order valence-electron chi connectivity index (χ1n) is 5.82. The van der Waals surface area contributed by atoms with Gasteiger partial charge in [-0.3, -0.25) is 14.9 Å². The average molecular weight is 277 g/mol. The third kappa shape index (κ3) is 3.41. The van der Waals surface area contributed by atoms with Gasteiger partial charge in [-0.25, -0.2) is 4.39 Å². The molecule has 2 aromatic rings. The minimum absolute atomic E-state index is 0.0726. The molecule has 20 heavy (non-hydrogen) atoms. The van der Waals surface area contributed by atoms with Crippen LogP contribution in [0.5, 0.6) is 0 Å². The summed E-state index contributed by atoms with van der Waals surface area (Å²) >= 11 is 0. The van der Waals surface area contributed by atoms with Crippen molar-refractivity contribution >= 4 is 17.6 Å². The second-order valence-electron chi connectivity index (χ2n) is 4.05. The average Bonchev–Trinajstić information content (AvgIpc) is 2.82. The van der Waals surface area contributed by atoms with Crippen molar-refractivity contribution in [3.05, 3.63) is 47.5 Å². The summed E-state index contributed by atoms with van der Waals surface area (Å²) in [6, 6.07) is 7.46. The molecule has 0 saturated carbocycles. The minimum Gasteiger partial charge on any atom is -0.360 e. The van der Waals surface area contributed by atoms with Gasteiger partial charge in [0, 0.05) is 18.2 Å². The smallest absolute Gasteiger partial charge is 0.314 e. The molecule has 7 heteroatoms. The first-order chi connectivity index (χ1) is 9.56. The fraction of sp³-hybridized carbons (Fsp3) is 0.154. The molecule has 1 heterocycles. The van der Waals surface area contributed by atoms with Gasteiger partial charge in [0.2, 0.25) is 0 Å².